The van der Waals surface area contributed by atoms with Crippen LogP contribution in [0.2, 0.25) is 0 Å². The Balaban J connectivity index is 1.25. The van der Waals surface area contributed by atoms with Crippen LogP contribution in [0.5, 0.6) is 0 Å². The first kappa shape index (κ1) is 21.1. The van der Waals surface area contributed by atoms with Crippen LogP contribution in [0.25, 0.3) is 15.9 Å². The van der Waals surface area contributed by atoms with E-state index >= 15 is 0 Å². The van der Waals surface area contributed by atoms with E-state index in [1.165, 1.54) is 22.0 Å². The molecule has 1 fully saturated rings. The quantitative estimate of drug-likeness (QED) is 0.408. The molecule has 1 aliphatic heterocycles. The minimum atomic E-state index is 0.121. The lowest BCUT2D eigenvalue weighted by atomic mass is 9.99. The summed E-state index contributed by atoms with van der Waals surface area (Å²) >= 11 is 3.13. The molecular weight excluding hydrogens is 440 g/mol. The Labute approximate surface area is 194 Å². The number of hydrogen-bond acceptors (Lipinski definition) is 7. The van der Waals surface area contributed by atoms with Crippen molar-refractivity contribution in [1.82, 2.24) is 30.1 Å². The number of thiazole rings is 1. The van der Waals surface area contributed by atoms with E-state index in [4.69, 9.17) is 4.98 Å². The molecule has 0 bridgehead atoms. The van der Waals surface area contributed by atoms with Crippen molar-refractivity contribution in [3.8, 4) is 5.69 Å². The Bertz CT molecular complexity index is 1230. The van der Waals surface area contributed by atoms with Gasteiger partial charge in [0.2, 0.25) is 11.1 Å². The molecule has 1 saturated heterocycles. The SMILES string of the molecule is Cc1ccc(-n2nnnc2SCC(=O)N2CCC[C@H](c3nc4ccccc4s3)C2)c(C)c1. The Morgan fingerprint density at radius 3 is 2.94 bits per heavy atom. The molecule has 0 saturated carbocycles. The van der Waals surface area contributed by atoms with Crippen LogP contribution in [0.3, 0.4) is 0 Å². The van der Waals surface area contributed by atoms with Crippen LogP contribution >= 0.6 is 23.1 Å². The third-order valence-electron chi connectivity index (χ3n) is 5.78. The number of nitrogens with zero attached hydrogens (tertiary/aromatic N) is 6. The molecule has 7 nitrogen and oxygen atoms in total. The maximum absolute atomic E-state index is 13.0. The Morgan fingerprint density at radius 2 is 2.09 bits per heavy atom. The number of benzene rings is 2. The Kier molecular flexibility index (Phi) is 5.93. The van der Waals surface area contributed by atoms with Gasteiger partial charge in [-0.15, -0.1) is 16.4 Å². The van der Waals surface area contributed by atoms with E-state index in [9.17, 15) is 4.79 Å². The van der Waals surface area contributed by atoms with E-state index in [-0.39, 0.29) is 5.91 Å². The third-order valence-corrected chi connectivity index (χ3v) is 7.88. The van der Waals surface area contributed by atoms with Crippen molar-refractivity contribution in [2.75, 3.05) is 18.8 Å². The van der Waals surface area contributed by atoms with E-state index in [0.717, 1.165) is 47.7 Å². The van der Waals surface area contributed by atoms with Gasteiger partial charge >= 0.3 is 0 Å². The number of rotatable bonds is 5. The van der Waals surface area contributed by atoms with Gasteiger partial charge in [0.1, 0.15) is 0 Å². The molecular formula is C23H24N6OS2. The summed E-state index contributed by atoms with van der Waals surface area (Å²) in [4.78, 5) is 19.8. The van der Waals surface area contributed by atoms with Gasteiger partial charge in [0.05, 0.1) is 26.7 Å². The maximum atomic E-state index is 13.0. The summed E-state index contributed by atoms with van der Waals surface area (Å²) in [6.45, 7) is 5.62. The first-order valence-corrected chi connectivity index (χ1v) is 12.5. The molecule has 1 amide bonds. The fraction of sp³-hybridized carbons (Fsp3) is 0.348. The van der Waals surface area contributed by atoms with Gasteiger partial charge < -0.3 is 4.90 Å². The second-order valence-corrected chi connectivity index (χ2v) is 10.2. The number of likely N-dealkylation sites (tertiary alicyclic amines) is 1. The predicted octanol–water partition coefficient (Wildman–Crippen LogP) is 4.39. The number of thioether (sulfide) groups is 1. The minimum absolute atomic E-state index is 0.121. The zero-order valence-corrected chi connectivity index (χ0v) is 19.7. The molecule has 9 heteroatoms. The minimum Gasteiger partial charge on any atom is -0.341 e. The highest BCUT2D eigenvalue weighted by Gasteiger charge is 2.27. The number of para-hydroxylation sites is 1. The Morgan fingerprint density at radius 1 is 1.22 bits per heavy atom. The molecule has 0 radical (unpaired) electrons. The molecule has 1 aliphatic rings. The van der Waals surface area contributed by atoms with Gasteiger partial charge in [0, 0.05) is 19.0 Å². The topological polar surface area (TPSA) is 76.8 Å². The van der Waals surface area contributed by atoms with Crippen LogP contribution in [0, 0.1) is 13.8 Å². The number of carbonyl (C=O) groups excluding carboxylic acids is 1. The number of aromatic nitrogens is 5. The molecule has 3 heterocycles. The smallest absolute Gasteiger partial charge is 0.233 e. The van der Waals surface area contributed by atoms with Crippen molar-refractivity contribution in [1.29, 1.82) is 0 Å². The molecule has 2 aromatic heterocycles. The van der Waals surface area contributed by atoms with Crippen LogP contribution in [-0.2, 0) is 4.79 Å². The highest BCUT2D eigenvalue weighted by atomic mass is 32.2. The summed E-state index contributed by atoms with van der Waals surface area (Å²) in [5.41, 5.74) is 4.27. The van der Waals surface area contributed by atoms with Crippen LogP contribution in [-0.4, -0.2) is 54.8 Å². The molecule has 0 spiro atoms. The zero-order chi connectivity index (χ0) is 22.1. The molecule has 5 rings (SSSR count). The molecule has 1 atom stereocenters. The number of piperidine rings is 1. The van der Waals surface area contributed by atoms with Crippen LogP contribution in [0.4, 0.5) is 0 Å². The second-order valence-electron chi connectivity index (χ2n) is 8.15. The first-order chi connectivity index (χ1) is 15.6. The van der Waals surface area contributed by atoms with E-state index in [1.807, 2.05) is 36.1 Å². The highest BCUT2D eigenvalue weighted by molar-refractivity contribution is 7.99. The number of amides is 1. The molecule has 2 aromatic carbocycles. The van der Waals surface area contributed by atoms with Crippen LogP contribution in [0.15, 0.2) is 47.6 Å². The molecule has 164 valence electrons. The van der Waals surface area contributed by atoms with Gasteiger partial charge in [-0.05, 0) is 60.9 Å². The van der Waals surface area contributed by atoms with Crippen LogP contribution < -0.4 is 0 Å². The number of tetrazole rings is 1. The highest BCUT2D eigenvalue weighted by Crippen LogP contribution is 2.33. The molecule has 4 aromatic rings. The number of aryl methyl sites for hydroxylation is 2. The average Bonchev–Trinajstić information content (AvgIpc) is 3.44. The van der Waals surface area contributed by atoms with E-state index < -0.39 is 0 Å². The van der Waals surface area contributed by atoms with E-state index in [2.05, 4.69) is 40.6 Å². The molecule has 0 unspecified atom stereocenters. The van der Waals surface area contributed by atoms with Crippen molar-refractivity contribution >= 4 is 39.2 Å². The van der Waals surface area contributed by atoms with Gasteiger partial charge in [-0.1, -0.05) is 41.6 Å². The van der Waals surface area contributed by atoms with Crippen molar-refractivity contribution in [3.05, 3.63) is 58.6 Å². The summed E-state index contributed by atoms with van der Waals surface area (Å²) < 4.78 is 2.92. The number of hydrogen-bond donors (Lipinski definition) is 0. The van der Waals surface area contributed by atoms with Crippen molar-refractivity contribution in [2.45, 2.75) is 37.8 Å². The maximum Gasteiger partial charge on any atom is 0.233 e. The fourth-order valence-electron chi connectivity index (χ4n) is 4.15. The van der Waals surface area contributed by atoms with Crippen LogP contribution in [0.1, 0.15) is 34.9 Å². The number of carbonyl (C=O) groups is 1. The van der Waals surface area contributed by atoms with Gasteiger partial charge in [-0.2, -0.15) is 4.68 Å². The molecule has 0 aliphatic carbocycles. The van der Waals surface area contributed by atoms with Gasteiger partial charge in [0.25, 0.3) is 0 Å². The zero-order valence-electron chi connectivity index (χ0n) is 18.1. The Hall–Kier alpha value is -2.78. The van der Waals surface area contributed by atoms with Gasteiger partial charge in [-0.3, -0.25) is 4.79 Å². The fourth-order valence-corrected chi connectivity index (χ4v) is 6.03. The van der Waals surface area contributed by atoms with Crippen molar-refractivity contribution < 1.29 is 4.79 Å². The summed E-state index contributed by atoms with van der Waals surface area (Å²) in [6.07, 6.45) is 2.07. The van der Waals surface area contributed by atoms with E-state index in [0.29, 0.717) is 16.8 Å². The lowest BCUT2D eigenvalue weighted by Crippen LogP contribution is -2.40. The standard InChI is InChI=1S/C23H24N6OS2/c1-15-9-10-19(16(2)12-15)29-23(25-26-27-29)31-14-21(30)28-11-5-6-17(13-28)22-24-18-7-3-4-8-20(18)32-22/h3-4,7-10,12,17H,5-6,11,13-14H2,1-2H3/t17-/m0/s1. The second kappa shape index (κ2) is 8.99. The normalized spacial score (nSPS) is 16.6. The average molecular weight is 465 g/mol. The summed E-state index contributed by atoms with van der Waals surface area (Å²) in [5, 5.41) is 13.9. The lowest BCUT2D eigenvalue weighted by molar-refractivity contribution is -0.129. The molecule has 32 heavy (non-hydrogen) atoms. The van der Waals surface area contributed by atoms with Crippen molar-refractivity contribution in [2.24, 2.45) is 0 Å². The first-order valence-electron chi connectivity index (χ1n) is 10.7. The third kappa shape index (κ3) is 4.27. The summed E-state index contributed by atoms with van der Waals surface area (Å²) in [5.74, 6) is 0.740. The largest absolute Gasteiger partial charge is 0.341 e. The number of fused-ring (bicyclic) bond motifs is 1. The lowest BCUT2D eigenvalue weighted by Gasteiger charge is -2.31. The monoisotopic (exact) mass is 464 g/mol. The predicted molar refractivity (Wildman–Crippen MR) is 128 cm³/mol. The summed E-state index contributed by atoms with van der Waals surface area (Å²) in [7, 11) is 0. The van der Waals surface area contributed by atoms with Gasteiger partial charge in [-0.25, -0.2) is 4.98 Å². The van der Waals surface area contributed by atoms with Crippen molar-refractivity contribution in [3.63, 3.8) is 0 Å². The molecule has 0 N–H and O–H groups in total. The van der Waals surface area contributed by atoms with E-state index in [1.54, 1.807) is 16.0 Å². The summed E-state index contributed by atoms with van der Waals surface area (Å²) in [6, 6.07) is 14.4. The van der Waals surface area contributed by atoms with Gasteiger partial charge in [0.15, 0.2) is 0 Å².